The first kappa shape index (κ1) is 12.9. The van der Waals surface area contributed by atoms with E-state index < -0.39 is 0 Å². The van der Waals surface area contributed by atoms with Crippen molar-refractivity contribution in [2.75, 3.05) is 19.7 Å². The van der Waals surface area contributed by atoms with Crippen LogP contribution in [-0.4, -0.2) is 47.3 Å². The average molecular weight is 252 g/mol. The largest absolute Gasteiger partial charge is 0.394 e. The van der Waals surface area contributed by atoms with Crippen LogP contribution in [0.5, 0.6) is 0 Å². The zero-order valence-electron chi connectivity index (χ0n) is 11.7. The van der Waals surface area contributed by atoms with Crippen molar-refractivity contribution in [3.63, 3.8) is 0 Å². The Morgan fingerprint density at radius 2 is 2.11 bits per heavy atom. The second-order valence-electron chi connectivity index (χ2n) is 7.00. The average Bonchev–Trinajstić information content (AvgIpc) is 3.07. The maximum absolute atomic E-state index is 9.78. The van der Waals surface area contributed by atoms with E-state index in [1.165, 1.54) is 45.2 Å². The normalized spacial score (nSPS) is 42.3. The molecule has 104 valence electrons. The fraction of sp³-hybridized carbons (Fsp3) is 1.00. The van der Waals surface area contributed by atoms with E-state index in [9.17, 15) is 5.11 Å². The summed E-state index contributed by atoms with van der Waals surface area (Å²) in [7, 11) is 0. The molecule has 0 spiro atoms. The van der Waals surface area contributed by atoms with Gasteiger partial charge in [0.2, 0.25) is 0 Å². The molecule has 0 radical (unpaired) electrons. The lowest BCUT2D eigenvalue weighted by Gasteiger charge is -2.37. The molecule has 3 atom stereocenters. The first-order valence-electron chi connectivity index (χ1n) is 7.83. The SMILES string of the molecule is CC1CCCN(C2CCC(CO)(NC3CC3)C2)C1. The van der Waals surface area contributed by atoms with Crippen LogP contribution in [0.1, 0.15) is 51.9 Å². The maximum Gasteiger partial charge on any atom is 0.0614 e. The third-order valence-corrected chi connectivity index (χ3v) is 5.18. The molecular formula is C15H28N2O. The summed E-state index contributed by atoms with van der Waals surface area (Å²) in [5, 5.41) is 13.5. The van der Waals surface area contributed by atoms with Gasteiger partial charge < -0.3 is 15.3 Å². The summed E-state index contributed by atoms with van der Waals surface area (Å²) in [6, 6.07) is 1.42. The fourth-order valence-electron chi connectivity index (χ4n) is 3.95. The quantitative estimate of drug-likeness (QED) is 0.800. The second kappa shape index (κ2) is 5.10. The molecule has 3 aliphatic rings. The highest BCUT2D eigenvalue weighted by molar-refractivity contribution is 5.03. The number of nitrogens with one attached hydrogen (secondary N) is 1. The van der Waals surface area contributed by atoms with Crippen LogP contribution in [-0.2, 0) is 0 Å². The molecule has 2 saturated carbocycles. The van der Waals surface area contributed by atoms with Gasteiger partial charge in [-0.15, -0.1) is 0 Å². The lowest BCUT2D eigenvalue weighted by Crippen LogP contribution is -2.49. The number of piperidine rings is 1. The van der Waals surface area contributed by atoms with Crippen molar-refractivity contribution in [2.45, 2.75) is 69.5 Å². The summed E-state index contributed by atoms with van der Waals surface area (Å²) in [5.74, 6) is 0.860. The molecule has 3 fully saturated rings. The van der Waals surface area contributed by atoms with Gasteiger partial charge in [-0.2, -0.15) is 0 Å². The summed E-state index contributed by atoms with van der Waals surface area (Å²) in [6.07, 6.45) is 8.98. The number of aliphatic hydroxyl groups is 1. The third-order valence-electron chi connectivity index (χ3n) is 5.18. The Labute approximate surface area is 111 Å². The van der Waals surface area contributed by atoms with Gasteiger partial charge in [-0.25, -0.2) is 0 Å². The van der Waals surface area contributed by atoms with E-state index in [0.29, 0.717) is 18.7 Å². The first-order chi connectivity index (χ1) is 8.71. The van der Waals surface area contributed by atoms with E-state index in [4.69, 9.17) is 0 Å². The topological polar surface area (TPSA) is 35.5 Å². The van der Waals surface area contributed by atoms with Crippen molar-refractivity contribution in [3.05, 3.63) is 0 Å². The molecule has 3 rings (SSSR count). The second-order valence-corrected chi connectivity index (χ2v) is 7.00. The van der Waals surface area contributed by atoms with E-state index in [-0.39, 0.29) is 5.54 Å². The minimum absolute atomic E-state index is 0.0481. The smallest absolute Gasteiger partial charge is 0.0614 e. The van der Waals surface area contributed by atoms with E-state index in [1.807, 2.05) is 0 Å². The number of nitrogens with zero attached hydrogens (tertiary/aromatic N) is 1. The predicted molar refractivity (Wildman–Crippen MR) is 73.6 cm³/mol. The molecule has 1 saturated heterocycles. The molecule has 0 aromatic rings. The minimum Gasteiger partial charge on any atom is -0.394 e. The molecule has 3 unspecified atom stereocenters. The molecular weight excluding hydrogens is 224 g/mol. The molecule has 1 aliphatic heterocycles. The van der Waals surface area contributed by atoms with Crippen molar-refractivity contribution in [1.29, 1.82) is 0 Å². The summed E-state index contributed by atoms with van der Waals surface area (Å²) in [4.78, 5) is 2.69. The highest BCUT2D eigenvalue weighted by Crippen LogP contribution is 2.37. The first-order valence-corrected chi connectivity index (χ1v) is 7.83. The molecule has 3 heteroatoms. The van der Waals surface area contributed by atoms with Crippen molar-refractivity contribution >= 4 is 0 Å². The van der Waals surface area contributed by atoms with E-state index >= 15 is 0 Å². The number of hydrogen-bond donors (Lipinski definition) is 2. The Kier molecular flexibility index (Phi) is 3.65. The number of aliphatic hydroxyl groups excluding tert-OH is 1. The number of rotatable bonds is 4. The fourth-order valence-corrected chi connectivity index (χ4v) is 3.95. The van der Waals surface area contributed by atoms with E-state index in [0.717, 1.165) is 18.8 Å². The molecule has 0 aromatic heterocycles. The van der Waals surface area contributed by atoms with Gasteiger partial charge in [0.15, 0.2) is 0 Å². The Morgan fingerprint density at radius 3 is 2.78 bits per heavy atom. The van der Waals surface area contributed by atoms with Gasteiger partial charge in [0.05, 0.1) is 6.61 Å². The van der Waals surface area contributed by atoms with Crippen LogP contribution in [0, 0.1) is 5.92 Å². The predicted octanol–water partition coefficient (Wildman–Crippen LogP) is 1.75. The summed E-state index contributed by atoms with van der Waals surface area (Å²) in [6.45, 7) is 5.25. The van der Waals surface area contributed by atoms with Crippen molar-refractivity contribution in [1.82, 2.24) is 10.2 Å². The van der Waals surface area contributed by atoms with Gasteiger partial charge in [0.25, 0.3) is 0 Å². The maximum atomic E-state index is 9.78. The third kappa shape index (κ3) is 2.73. The van der Waals surface area contributed by atoms with Crippen molar-refractivity contribution in [3.8, 4) is 0 Å². The van der Waals surface area contributed by atoms with Crippen LogP contribution in [0.25, 0.3) is 0 Å². The summed E-state index contributed by atoms with van der Waals surface area (Å²) >= 11 is 0. The van der Waals surface area contributed by atoms with Crippen LogP contribution < -0.4 is 5.32 Å². The van der Waals surface area contributed by atoms with Gasteiger partial charge in [0.1, 0.15) is 0 Å². The van der Waals surface area contributed by atoms with Gasteiger partial charge in [0, 0.05) is 24.2 Å². The molecule has 2 aliphatic carbocycles. The lowest BCUT2D eigenvalue weighted by molar-refractivity contribution is 0.111. The summed E-state index contributed by atoms with van der Waals surface area (Å²) in [5.41, 5.74) is 0.0481. The van der Waals surface area contributed by atoms with Crippen LogP contribution in [0.3, 0.4) is 0 Å². The zero-order chi connectivity index (χ0) is 12.6. The Balaban J connectivity index is 1.58. The Morgan fingerprint density at radius 1 is 1.28 bits per heavy atom. The van der Waals surface area contributed by atoms with Gasteiger partial charge >= 0.3 is 0 Å². The molecule has 18 heavy (non-hydrogen) atoms. The zero-order valence-corrected chi connectivity index (χ0v) is 11.7. The van der Waals surface area contributed by atoms with E-state index in [1.54, 1.807) is 0 Å². The van der Waals surface area contributed by atoms with Crippen LogP contribution in [0.2, 0.25) is 0 Å². The minimum atomic E-state index is 0.0481. The monoisotopic (exact) mass is 252 g/mol. The summed E-state index contributed by atoms with van der Waals surface area (Å²) < 4.78 is 0. The Bertz CT molecular complexity index is 292. The van der Waals surface area contributed by atoms with Gasteiger partial charge in [-0.3, -0.25) is 0 Å². The standard InChI is InChI=1S/C15H28N2O/c1-12-3-2-8-17(10-12)14-6-7-15(9-14,11-18)16-13-4-5-13/h12-14,16,18H,2-11H2,1H3. The Hall–Kier alpha value is -0.120. The van der Waals surface area contributed by atoms with Crippen LogP contribution >= 0.6 is 0 Å². The molecule has 0 bridgehead atoms. The highest BCUT2D eigenvalue weighted by atomic mass is 16.3. The van der Waals surface area contributed by atoms with Crippen molar-refractivity contribution in [2.24, 2.45) is 5.92 Å². The molecule has 1 heterocycles. The van der Waals surface area contributed by atoms with E-state index in [2.05, 4.69) is 17.1 Å². The molecule has 3 nitrogen and oxygen atoms in total. The van der Waals surface area contributed by atoms with Crippen LogP contribution in [0.15, 0.2) is 0 Å². The number of likely N-dealkylation sites (tertiary alicyclic amines) is 1. The van der Waals surface area contributed by atoms with Crippen LogP contribution in [0.4, 0.5) is 0 Å². The lowest BCUT2D eigenvalue weighted by atomic mass is 9.96. The molecule has 0 aromatic carbocycles. The number of hydrogen-bond acceptors (Lipinski definition) is 3. The van der Waals surface area contributed by atoms with Gasteiger partial charge in [-0.1, -0.05) is 6.92 Å². The molecule has 0 amide bonds. The highest BCUT2D eigenvalue weighted by Gasteiger charge is 2.43. The van der Waals surface area contributed by atoms with Gasteiger partial charge in [-0.05, 0) is 57.4 Å². The van der Waals surface area contributed by atoms with Crippen molar-refractivity contribution < 1.29 is 5.11 Å². The molecule has 2 N–H and O–H groups in total.